The summed E-state index contributed by atoms with van der Waals surface area (Å²) in [7, 11) is 1.62. The third kappa shape index (κ3) is 5.34. The molecule has 0 atom stereocenters. The van der Waals surface area contributed by atoms with Crippen molar-refractivity contribution in [3.8, 4) is 5.88 Å². The summed E-state index contributed by atoms with van der Waals surface area (Å²) in [6.45, 7) is 1.47. The van der Waals surface area contributed by atoms with E-state index in [4.69, 9.17) is 15.2 Å². The predicted molar refractivity (Wildman–Crippen MR) is 120 cm³/mol. The molecule has 9 heteroatoms. The van der Waals surface area contributed by atoms with Crippen LogP contribution >= 0.6 is 0 Å². The number of rotatable bonds is 9. The normalized spacial score (nSPS) is 10.7. The van der Waals surface area contributed by atoms with Gasteiger partial charge in [-0.3, -0.25) is 4.98 Å². The number of nitrogens with zero attached hydrogens (tertiary/aromatic N) is 4. The lowest BCUT2D eigenvalue weighted by Crippen LogP contribution is -2.08. The smallest absolute Gasteiger partial charge is 0.215 e. The Balaban J connectivity index is 1.43. The van der Waals surface area contributed by atoms with Crippen molar-refractivity contribution in [1.82, 2.24) is 19.9 Å². The average molecular weight is 417 g/mol. The largest absolute Gasteiger partial charge is 0.475 e. The van der Waals surface area contributed by atoms with E-state index >= 15 is 0 Å². The molecule has 0 unspecified atom stereocenters. The Labute approximate surface area is 179 Å². The molecule has 0 aliphatic heterocycles. The van der Waals surface area contributed by atoms with Crippen LogP contribution in [0.2, 0.25) is 0 Å². The summed E-state index contributed by atoms with van der Waals surface area (Å²) in [4.78, 5) is 17.5. The predicted octanol–water partition coefficient (Wildman–Crippen LogP) is 3.38. The van der Waals surface area contributed by atoms with Gasteiger partial charge in [-0.25, -0.2) is 9.97 Å². The number of hydrogen-bond donors (Lipinski definition) is 3. The van der Waals surface area contributed by atoms with Gasteiger partial charge in [0.2, 0.25) is 5.88 Å². The van der Waals surface area contributed by atoms with Crippen LogP contribution in [0.15, 0.2) is 60.9 Å². The summed E-state index contributed by atoms with van der Waals surface area (Å²) in [6, 6.07) is 15.5. The number of hydrogen-bond acceptors (Lipinski definition) is 9. The maximum absolute atomic E-state index is 6.01. The fraction of sp³-hybridized carbons (Fsp3) is 0.182. The molecule has 0 spiro atoms. The number of methoxy groups -OCH3 is 1. The zero-order chi connectivity index (χ0) is 21.5. The van der Waals surface area contributed by atoms with E-state index in [-0.39, 0.29) is 0 Å². The third-order valence-corrected chi connectivity index (χ3v) is 4.45. The van der Waals surface area contributed by atoms with Gasteiger partial charge in [0, 0.05) is 31.3 Å². The Bertz CT molecular complexity index is 1170. The van der Waals surface area contributed by atoms with Crippen LogP contribution in [0.3, 0.4) is 0 Å². The van der Waals surface area contributed by atoms with Crippen molar-refractivity contribution in [1.29, 1.82) is 0 Å². The van der Waals surface area contributed by atoms with E-state index in [0.29, 0.717) is 48.9 Å². The molecule has 0 radical (unpaired) electrons. The molecule has 1 aromatic carbocycles. The van der Waals surface area contributed by atoms with Gasteiger partial charge in [0.1, 0.15) is 12.4 Å². The lowest BCUT2D eigenvalue weighted by molar-refractivity contribution is 0.144. The van der Waals surface area contributed by atoms with Crippen LogP contribution in [-0.2, 0) is 11.3 Å². The molecule has 0 saturated carbocycles. The van der Waals surface area contributed by atoms with Gasteiger partial charge in [0.15, 0.2) is 17.5 Å². The van der Waals surface area contributed by atoms with Crippen molar-refractivity contribution in [3.63, 3.8) is 0 Å². The van der Waals surface area contributed by atoms with E-state index in [1.807, 2.05) is 36.4 Å². The maximum atomic E-state index is 6.01. The van der Waals surface area contributed by atoms with Gasteiger partial charge < -0.3 is 25.8 Å². The molecule has 4 N–H and O–H groups in total. The summed E-state index contributed by atoms with van der Waals surface area (Å²) < 4.78 is 10.5. The highest BCUT2D eigenvalue weighted by atomic mass is 16.5. The van der Waals surface area contributed by atoms with Gasteiger partial charge in [0.05, 0.1) is 18.3 Å². The minimum Gasteiger partial charge on any atom is -0.475 e. The van der Waals surface area contributed by atoms with Gasteiger partial charge in [-0.2, -0.15) is 4.98 Å². The molecule has 0 saturated heterocycles. The Kier molecular flexibility index (Phi) is 6.34. The van der Waals surface area contributed by atoms with Gasteiger partial charge in [0.25, 0.3) is 0 Å². The van der Waals surface area contributed by atoms with Gasteiger partial charge in [-0.05, 0) is 29.8 Å². The topological polar surface area (TPSA) is 120 Å². The molecule has 158 valence electrons. The molecule has 0 aliphatic rings. The number of nitrogens with one attached hydrogen (secondary N) is 2. The molecule has 3 heterocycles. The molecular weight excluding hydrogens is 394 g/mol. The number of pyridine rings is 2. The molecule has 31 heavy (non-hydrogen) atoms. The SMILES string of the molecule is COCCOc1cccc(Nc2cnc(N)c(NCc3ccc4ncccc4c3)n2)n1. The highest BCUT2D eigenvalue weighted by molar-refractivity contribution is 5.79. The number of ether oxygens (including phenoxy) is 2. The Morgan fingerprint density at radius 1 is 0.968 bits per heavy atom. The fourth-order valence-corrected chi connectivity index (χ4v) is 2.94. The fourth-order valence-electron chi connectivity index (χ4n) is 2.94. The van der Waals surface area contributed by atoms with Crippen LogP contribution in [0.5, 0.6) is 5.88 Å². The van der Waals surface area contributed by atoms with Crippen LogP contribution in [0.4, 0.5) is 23.3 Å². The average Bonchev–Trinajstić information content (AvgIpc) is 2.80. The second-order valence-corrected chi connectivity index (χ2v) is 6.70. The molecule has 3 aromatic heterocycles. The van der Waals surface area contributed by atoms with Crippen molar-refractivity contribution in [2.24, 2.45) is 0 Å². The summed E-state index contributed by atoms with van der Waals surface area (Å²) in [5.41, 5.74) is 8.05. The van der Waals surface area contributed by atoms with E-state index in [1.54, 1.807) is 25.6 Å². The molecule has 9 nitrogen and oxygen atoms in total. The summed E-state index contributed by atoms with van der Waals surface area (Å²) >= 11 is 0. The van der Waals surface area contributed by atoms with Crippen molar-refractivity contribution in [2.45, 2.75) is 6.54 Å². The quantitative estimate of drug-likeness (QED) is 0.352. The van der Waals surface area contributed by atoms with Crippen molar-refractivity contribution >= 4 is 34.2 Å². The lowest BCUT2D eigenvalue weighted by Gasteiger charge is -2.11. The zero-order valence-corrected chi connectivity index (χ0v) is 17.1. The first-order valence-electron chi connectivity index (χ1n) is 9.77. The standard InChI is InChI=1S/C22H23N7O2/c1-30-10-11-31-20-6-2-5-18(28-20)27-19-14-25-21(23)22(29-19)26-13-15-7-8-17-16(12-15)4-3-9-24-17/h2-9,12,14H,10-11,13H2,1H3,(H2,23,25)(H2,26,27,28,29). The molecule has 4 aromatic rings. The maximum Gasteiger partial charge on any atom is 0.215 e. The minimum atomic E-state index is 0.317. The minimum absolute atomic E-state index is 0.317. The Morgan fingerprint density at radius 3 is 2.81 bits per heavy atom. The van der Waals surface area contributed by atoms with E-state index in [0.717, 1.165) is 16.5 Å². The van der Waals surface area contributed by atoms with Crippen LogP contribution in [-0.4, -0.2) is 40.3 Å². The molecule has 0 fully saturated rings. The Morgan fingerprint density at radius 2 is 1.90 bits per heavy atom. The van der Waals surface area contributed by atoms with Gasteiger partial charge in [-0.1, -0.05) is 18.2 Å². The van der Waals surface area contributed by atoms with Crippen LogP contribution in [0.1, 0.15) is 5.56 Å². The van der Waals surface area contributed by atoms with E-state index < -0.39 is 0 Å². The second kappa shape index (κ2) is 9.68. The number of benzene rings is 1. The Hall–Kier alpha value is -3.98. The van der Waals surface area contributed by atoms with Crippen molar-refractivity contribution in [3.05, 3.63) is 66.5 Å². The highest BCUT2D eigenvalue weighted by Crippen LogP contribution is 2.21. The van der Waals surface area contributed by atoms with Crippen molar-refractivity contribution < 1.29 is 9.47 Å². The zero-order valence-electron chi connectivity index (χ0n) is 17.1. The van der Waals surface area contributed by atoms with Gasteiger partial charge >= 0.3 is 0 Å². The van der Waals surface area contributed by atoms with E-state index in [1.165, 1.54) is 0 Å². The first kappa shape index (κ1) is 20.3. The monoisotopic (exact) mass is 417 g/mol. The molecule has 4 rings (SSSR count). The molecule has 0 amide bonds. The van der Waals surface area contributed by atoms with Crippen molar-refractivity contribution in [2.75, 3.05) is 36.7 Å². The lowest BCUT2D eigenvalue weighted by atomic mass is 10.1. The van der Waals surface area contributed by atoms with Crippen LogP contribution in [0.25, 0.3) is 10.9 Å². The van der Waals surface area contributed by atoms with E-state index in [9.17, 15) is 0 Å². The second-order valence-electron chi connectivity index (χ2n) is 6.70. The number of fused-ring (bicyclic) bond motifs is 1. The summed E-state index contributed by atoms with van der Waals surface area (Å²) in [5.74, 6) is 2.40. The number of nitrogens with two attached hydrogens (primary N) is 1. The van der Waals surface area contributed by atoms with E-state index in [2.05, 4.69) is 36.6 Å². The molecule has 0 bridgehead atoms. The number of nitrogen functional groups attached to an aromatic ring is 1. The first-order chi connectivity index (χ1) is 15.2. The third-order valence-electron chi connectivity index (χ3n) is 4.45. The number of anilines is 4. The highest BCUT2D eigenvalue weighted by Gasteiger charge is 2.07. The summed E-state index contributed by atoms with van der Waals surface area (Å²) in [5, 5.41) is 7.45. The summed E-state index contributed by atoms with van der Waals surface area (Å²) in [6.07, 6.45) is 3.34. The van der Waals surface area contributed by atoms with Gasteiger partial charge in [-0.15, -0.1) is 0 Å². The van der Waals surface area contributed by atoms with Crippen LogP contribution in [0, 0.1) is 0 Å². The molecule has 0 aliphatic carbocycles. The molecular formula is C22H23N7O2. The first-order valence-corrected chi connectivity index (χ1v) is 9.77. The number of aromatic nitrogens is 4. The van der Waals surface area contributed by atoms with Crippen LogP contribution < -0.4 is 21.1 Å².